The molecule has 0 N–H and O–H groups in total. The maximum atomic E-state index is 14.3. The molecule has 3 aliphatic rings. The molecule has 1 aliphatic heterocycles. The van der Waals surface area contributed by atoms with Gasteiger partial charge in [0.05, 0.1) is 13.2 Å². The Morgan fingerprint density at radius 1 is 0.903 bits per heavy atom. The summed E-state index contributed by atoms with van der Waals surface area (Å²) in [5.74, 6) is -0.590. The number of hydrogen-bond donors (Lipinski definition) is 0. The van der Waals surface area contributed by atoms with E-state index in [0.29, 0.717) is 11.6 Å². The van der Waals surface area contributed by atoms with Crippen LogP contribution >= 0.6 is 0 Å². The van der Waals surface area contributed by atoms with Gasteiger partial charge in [0.25, 0.3) is 0 Å². The normalized spacial score (nSPS) is 23.8. The Hall–Kier alpha value is -3.00. The zero-order valence-corrected chi connectivity index (χ0v) is 16.7. The van der Waals surface area contributed by atoms with E-state index in [-0.39, 0.29) is 29.1 Å². The number of rotatable bonds is 5. The second-order valence-electron chi connectivity index (χ2n) is 8.82. The van der Waals surface area contributed by atoms with Crippen molar-refractivity contribution in [3.8, 4) is 17.4 Å². The smallest absolute Gasteiger partial charge is 0.200 e. The Morgan fingerprint density at radius 2 is 1.58 bits per heavy atom. The Kier molecular flexibility index (Phi) is 4.24. The maximum Gasteiger partial charge on any atom is 0.200 e. The van der Waals surface area contributed by atoms with Crippen molar-refractivity contribution in [1.82, 2.24) is 19.9 Å². The van der Waals surface area contributed by atoms with Crippen molar-refractivity contribution >= 4 is 0 Å². The van der Waals surface area contributed by atoms with Crippen molar-refractivity contribution in [1.29, 1.82) is 0 Å². The minimum Gasteiger partial charge on any atom is -0.487 e. The number of hydrogen-bond acceptors (Lipinski definition) is 6. The van der Waals surface area contributed by atoms with Crippen LogP contribution < -0.4 is 4.74 Å². The van der Waals surface area contributed by atoms with E-state index in [1.54, 1.807) is 36.9 Å². The number of ether oxygens (including phenoxy) is 2. The first-order valence-corrected chi connectivity index (χ1v) is 10.4. The first-order chi connectivity index (χ1) is 15.1. The molecule has 6 nitrogen and oxygen atoms in total. The fourth-order valence-electron chi connectivity index (χ4n) is 4.67. The Labute approximate surface area is 177 Å². The van der Waals surface area contributed by atoms with Crippen LogP contribution in [0.3, 0.4) is 0 Å². The molecule has 1 saturated heterocycles. The quantitative estimate of drug-likeness (QED) is 0.618. The van der Waals surface area contributed by atoms with E-state index < -0.39 is 11.6 Å². The van der Waals surface area contributed by atoms with E-state index in [2.05, 4.69) is 19.9 Å². The second-order valence-corrected chi connectivity index (χ2v) is 8.82. The third kappa shape index (κ3) is 3.35. The van der Waals surface area contributed by atoms with Gasteiger partial charge in [-0.1, -0.05) is 0 Å². The molecule has 0 bridgehead atoms. The maximum absolute atomic E-state index is 14.3. The molecule has 8 heteroatoms. The molecule has 3 heterocycles. The van der Waals surface area contributed by atoms with Crippen molar-refractivity contribution in [2.45, 2.75) is 37.2 Å². The highest BCUT2D eigenvalue weighted by Crippen LogP contribution is 2.55. The molecule has 1 spiro atoms. The van der Waals surface area contributed by atoms with E-state index >= 15 is 0 Å². The van der Waals surface area contributed by atoms with E-state index in [0.717, 1.165) is 43.6 Å². The molecule has 31 heavy (non-hydrogen) atoms. The predicted octanol–water partition coefficient (Wildman–Crippen LogP) is 4.04. The van der Waals surface area contributed by atoms with Gasteiger partial charge in [-0.05, 0) is 60.4 Å². The topological polar surface area (TPSA) is 70.0 Å². The fourth-order valence-corrected chi connectivity index (χ4v) is 4.67. The highest BCUT2D eigenvalue weighted by Gasteiger charge is 2.51. The minimum atomic E-state index is -0.915. The zero-order chi connectivity index (χ0) is 21.0. The number of nitrogens with zero attached hydrogens (tertiary/aromatic N) is 4. The van der Waals surface area contributed by atoms with E-state index in [1.165, 1.54) is 6.07 Å². The van der Waals surface area contributed by atoms with Gasteiger partial charge in [-0.25, -0.2) is 24.3 Å². The summed E-state index contributed by atoms with van der Waals surface area (Å²) >= 11 is 0. The van der Waals surface area contributed by atoms with Gasteiger partial charge >= 0.3 is 0 Å². The zero-order valence-electron chi connectivity index (χ0n) is 16.7. The Bertz CT molecular complexity index is 1110. The largest absolute Gasteiger partial charge is 0.487 e. The van der Waals surface area contributed by atoms with Crippen molar-refractivity contribution in [2.24, 2.45) is 5.41 Å². The lowest BCUT2D eigenvalue weighted by molar-refractivity contribution is -0.191. The molecule has 0 unspecified atom stereocenters. The lowest BCUT2D eigenvalue weighted by atomic mass is 9.65. The van der Waals surface area contributed by atoms with Gasteiger partial charge in [0.1, 0.15) is 6.10 Å². The van der Waals surface area contributed by atoms with Gasteiger partial charge in [-0.15, -0.1) is 0 Å². The van der Waals surface area contributed by atoms with Crippen LogP contribution in [0.2, 0.25) is 0 Å². The average Bonchev–Trinajstić information content (AvgIpc) is 3.53. The van der Waals surface area contributed by atoms with Gasteiger partial charge in [-0.3, -0.25) is 0 Å². The fraction of sp³-hybridized carbons (Fsp3) is 0.391. The number of aromatic nitrogens is 4. The molecular formula is C23H20F2N4O2. The summed E-state index contributed by atoms with van der Waals surface area (Å²) < 4.78 is 39.7. The first-order valence-electron chi connectivity index (χ1n) is 10.4. The summed E-state index contributed by atoms with van der Waals surface area (Å²) in [4.78, 5) is 17.0. The second kappa shape index (κ2) is 7.02. The van der Waals surface area contributed by atoms with E-state index in [4.69, 9.17) is 9.47 Å². The van der Waals surface area contributed by atoms with Crippen LogP contribution in [0, 0.1) is 17.0 Å². The van der Waals surface area contributed by atoms with Crippen LogP contribution in [-0.2, 0) is 4.74 Å². The highest BCUT2D eigenvalue weighted by molar-refractivity contribution is 5.44. The van der Waals surface area contributed by atoms with Crippen LogP contribution in [0.1, 0.15) is 42.2 Å². The SMILES string of the molecule is Fc1cc([C@H]2C[C@H]2c2cnc(-c3ncccn3)nc2)cc(OC2CC3(COC3)C2)c1F. The Morgan fingerprint density at radius 3 is 2.26 bits per heavy atom. The van der Waals surface area contributed by atoms with Crippen molar-refractivity contribution in [3.63, 3.8) is 0 Å². The van der Waals surface area contributed by atoms with Crippen LogP contribution in [0.5, 0.6) is 5.75 Å². The van der Waals surface area contributed by atoms with Crippen molar-refractivity contribution in [3.05, 3.63) is 65.7 Å². The van der Waals surface area contributed by atoms with Crippen LogP contribution in [0.25, 0.3) is 11.6 Å². The summed E-state index contributed by atoms with van der Waals surface area (Å²) in [5, 5.41) is 0. The van der Waals surface area contributed by atoms with Crippen LogP contribution in [-0.4, -0.2) is 39.3 Å². The van der Waals surface area contributed by atoms with Crippen LogP contribution in [0.4, 0.5) is 8.78 Å². The van der Waals surface area contributed by atoms with Crippen LogP contribution in [0.15, 0.2) is 43.0 Å². The Balaban J connectivity index is 1.17. The molecule has 2 atom stereocenters. The minimum absolute atomic E-state index is 0.00793. The molecule has 3 aromatic rings. The molecule has 2 saturated carbocycles. The molecular weight excluding hydrogens is 402 g/mol. The summed E-state index contributed by atoms with van der Waals surface area (Å²) in [5.41, 5.74) is 1.91. The van der Waals surface area contributed by atoms with Gasteiger partial charge in [0, 0.05) is 30.2 Å². The van der Waals surface area contributed by atoms with Crippen molar-refractivity contribution < 1.29 is 18.3 Å². The average molecular weight is 422 g/mol. The molecule has 158 valence electrons. The third-order valence-corrected chi connectivity index (χ3v) is 6.53. The molecule has 6 rings (SSSR count). The monoisotopic (exact) mass is 422 g/mol. The molecule has 0 amide bonds. The van der Waals surface area contributed by atoms with Gasteiger partial charge in [0.2, 0.25) is 5.82 Å². The first kappa shape index (κ1) is 18.7. The lowest BCUT2D eigenvalue weighted by Crippen LogP contribution is -2.56. The number of benzene rings is 1. The van der Waals surface area contributed by atoms with E-state index in [1.807, 2.05) is 0 Å². The van der Waals surface area contributed by atoms with Crippen molar-refractivity contribution in [2.75, 3.05) is 13.2 Å². The molecule has 0 radical (unpaired) electrons. The van der Waals surface area contributed by atoms with Gasteiger partial charge in [-0.2, -0.15) is 4.39 Å². The standard InChI is InChI=1S/C23H20F2N4O2/c24-18-4-13(5-19(20(18)25)31-15-7-23(8-15)11-30-12-23)16-6-17(16)14-9-28-22(29-10-14)21-26-2-1-3-27-21/h1-5,9-10,15-17H,6-8,11-12H2/t16-,17+/m1/s1. The molecule has 3 fully saturated rings. The lowest BCUT2D eigenvalue weighted by Gasteiger charge is -2.52. The summed E-state index contributed by atoms with van der Waals surface area (Å²) in [6, 6.07) is 4.66. The molecule has 2 aromatic heterocycles. The van der Waals surface area contributed by atoms with E-state index in [9.17, 15) is 8.78 Å². The van der Waals surface area contributed by atoms with Gasteiger partial charge < -0.3 is 9.47 Å². The third-order valence-electron chi connectivity index (χ3n) is 6.53. The predicted molar refractivity (Wildman–Crippen MR) is 106 cm³/mol. The summed E-state index contributed by atoms with van der Waals surface area (Å²) in [7, 11) is 0. The molecule has 2 aliphatic carbocycles. The summed E-state index contributed by atoms with van der Waals surface area (Å²) in [6.45, 7) is 1.48. The van der Waals surface area contributed by atoms with Gasteiger partial charge in [0.15, 0.2) is 23.2 Å². The number of halogens is 2. The summed E-state index contributed by atoms with van der Waals surface area (Å²) in [6.07, 6.45) is 9.22. The molecule has 1 aromatic carbocycles. The highest BCUT2D eigenvalue weighted by atomic mass is 19.2.